The summed E-state index contributed by atoms with van der Waals surface area (Å²) in [7, 11) is 0. The third kappa shape index (κ3) is 2.88. The van der Waals surface area contributed by atoms with Crippen molar-refractivity contribution in [2.45, 2.75) is 39.0 Å². The van der Waals surface area contributed by atoms with E-state index in [1.54, 1.807) is 31.2 Å². The molecule has 18 heavy (non-hydrogen) atoms. The summed E-state index contributed by atoms with van der Waals surface area (Å²) in [6, 6.07) is 6.78. The van der Waals surface area contributed by atoms with Gasteiger partial charge in [0.05, 0.1) is 5.41 Å². The van der Waals surface area contributed by atoms with Gasteiger partial charge in [-0.15, -0.1) is 0 Å². The maximum atomic E-state index is 11.5. The average molecular weight is 250 g/mol. The second-order valence-electron chi connectivity index (χ2n) is 4.48. The van der Waals surface area contributed by atoms with Crippen LogP contribution in [0.15, 0.2) is 24.3 Å². The monoisotopic (exact) mass is 250 g/mol. The van der Waals surface area contributed by atoms with Gasteiger partial charge in [-0.1, -0.05) is 31.5 Å². The fourth-order valence-corrected chi connectivity index (χ4v) is 2.02. The Balaban J connectivity index is 3.28. The van der Waals surface area contributed by atoms with Gasteiger partial charge in [0, 0.05) is 12.5 Å². The molecule has 0 aromatic heterocycles. The zero-order valence-electron chi connectivity index (χ0n) is 10.9. The van der Waals surface area contributed by atoms with E-state index >= 15 is 0 Å². The lowest BCUT2D eigenvalue weighted by molar-refractivity contribution is -0.144. The number of carboxylic acids is 1. The molecule has 0 spiro atoms. The Morgan fingerprint density at radius 3 is 2.44 bits per heavy atom. The molecule has 0 saturated carbocycles. The Hall–Kier alpha value is -1.84. The van der Waals surface area contributed by atoms with Crippen LogP contribution in [0.25, 0.3) is 0 Å². The first-order valence-corrected chi connectivity index (χ1v) is 5.93. The first-order valence-electron chi connectivity index (χ1n) is 5.93. The van der Waals surface area contributed by atoms with Crippen LogP contribution in [0, 0.1) is 0 Å². The van der Waals surface area contributed by atoms with E-state index in [0.29, 0.717) is 17.7 Å². The normalized spacial score (nSPS) is 13.7. The summed E-state index contributed by atoms with van der Waals surface area (Å²) in [5.41, 5.74) is -0.504. The highest BCUT2D eigenvalue weighted by molar-refractivity contribution is 5.82. The van der Waals surface area contributed by atoms with Gasteiger partial charge in [-0.3, -0.25) is 9.59 Å². The quantitative estimate of drug-likeness (QED) is 0.644. The van der Waals surface area contributed by atoms with E-state index in [9.17, 15) is 14.7 Å². The summed E-state index contributed by atoms with van der Waals surface area (Å²) in [5, 5.41) is 9.44. The molecule has 1 N–H and O–H groups in total. The van der Waals surface area contributed by atoms with E-state index in [-0.39, 0.29) is 0 Å². The van der Waals surface area contributed by atoms with Crippen LogP contribution < -0.4 is 4.74 Å². The van der Waals surface area contributed by atoms with Crippen molar-refractivity contribution >= 4 is 11.9 Å². The Kier molecular flexibility index (Phi) is 4.48. The molecule has 0 aliphatic carbocycles. The Labute approximate surface area is 107 Å². The molecule has 1 atom stereocenters. The van der Waals surface area contributed by atoms with Gasteiger partial charge in [0.15, 0.2) is 0 Å². The zero-order valence-corrected chi connectivity index (χ0v) is 10.9. The minimum Gasteiger partial charge on any atom is -0.481 e. The first kappa shape index (κ1) is 14.2. The molecule has 1 unspecified atom stereocenters. The molecular formula is C14H18O4. The molecular weight excluding hydrogens is 232 g/mol. The number of para-hydroxylation sites is 1. The van der Waals surface area contributed by atoms with Crippen molar-refractivity contribution in [3.63, 3.8) is 0 Å². The molecule has 0 amide bonds. The summed E-state index contributed by atoms with van der Waals surface area (Å²) < 4.78 is 5.09. The largest absolute Gasteiger partial charge is 0.481 e. The van der Waals surface area contributed by atoms with Crippen LogP contribution in [0.2, 0.25) is 0 Å². The van der Waals surface area contributed by atoms with Crippen molar-refractivity contribution in [3.8, 4) is 5.75 Å². The molecule has 98 valence electrons. The summed E-state index contributed by atoms with van der Waals surface area (Å²) in [6.07, 6.45) is 1.22. The number of benzene rings is 1. The molecule has 1 aromatic carbocycles. The third-order valence-corrected chi connectivity index (χ3v) is 2.96. The minimum atomic E-state index is -1.04. The second kappa shape index (κ2) is 5.67. The fraction of sp³-hybridized carbons (Fsp3) is 0.429. The number of hydrogen-bond acceptors (Lipinski definition) is 3. The van der Waals surface area contributed by atoms with Crippen LogP contribution in [-0.2, 0) is 15.0 Å². The first-order chi connectivity index (χ1) is 8.41. The van der Waals surface area contributed by atoms with Crippen LogP contribution in [0.4, 0.5) is 0 Å². The number of aliphatic carboxylic acids is 1. The molecule has 1 rings (SSSR count). The maximum Gasteiger partial charge on any atom is 0.313 e. The highest BCUT2D eigenvalue weighted by Crippen LogP contribution is 2.35. The predicted molar refractivity (Wildman–Crippen MR) is 67.6 cm³/mol. The Morgan fingerprint density at radius 1 is 1.33 bits per heavy atom. The van der Waals surface area contributed by atoms with Gasteiger partial charge in [0.2, 0.25) is 0 Å². The van der Waals surface area contributed by atoms with Crippen LogP contribution in [-0.4, -0.2) is 17.0 Å². The zero-order chi connectivity index (χ0) is 13.8. The number of carboxylic acid groups (broad SMARTS) is 1. The fourth-order valence-electron chi connectivity index (χ4n) is 2.02. The molecule has 0 radical (unpaired) electrons. The Morgan fingerprint density at radius 2 is 1.94 bits per heavy atom. The SMILES string of the molecule is CCCC(C)(C(=O)O)c1ccccc1OC(C)=O. The molecule has 0 bridgehead atoms. The molecule has 0 saturated heterocycles. The summed E-state index contributed by atoms with van der Waals surface area (Å²) in [5.74, 6) is -1.04. The van der Waals surface area contributed by atoms with Crippen LogP contribution in [0.3, 0.4) is 0 Å². The van der Waals surface area contributed by atoms with Crippen molar-refractivity contribution in [3.05, 3.63) is 29.8 Å². The van der Waals surface area contributed by atoms with Gasteiger partial charge in [-0.25, -0.2) is 0 Å². The van der Waals surface area contributed by atoms with Gasteiger partial charge < -0.3 is 9.84 Å². The lowest BCUT2D eigenvalue weighted by atomic mass is 9.78. The average Bonchev–Trinajstić information content (AvgIpc) is 2.28. The Bertz CT molecular complexity index is 453. The molecule has 0 aliphatic rings. The van der Waals surface area contributed by atoms with Crippen LogP contribution in [0.5, 0.6) is 5.75 Å². The van der Waals surface area contributed by atoms with Gasteiger partial charge in [-0.05, 0) is 19.4 Å². The van der Waals surface area contributed by atoms with Gasteiger partial charge in [-0.2, -0.15) is 0 Å². The van der Waals surface area contributed by atoms with Crippen molar-refractivity contribution in [2.75, 3.05) is 0 Å². The lowest BCUT2D eigenvalue weighted by Crippen LogP contribution is -2.33. The summed E-state index contributed by atoms with van der Waals surface area (Å²) in [6.45, 7) is 4.88. The van der Waals surface area contributed by atoms with Crippen molar-refractivity contribution in [2.24, 2.45) is 0 Å². The predicted octanol–water partition coefficient (Wildman–Crippen LogP) is 2.75. The van der Waals surface area contributed by atoms with Crippen LogP contribution >= 0.6 is 0 Å². The topological polar surface area (TPSA) is 63.6 Å². The minimum absolute atomic E-state index is 0.323. The van der Waals surface area contributed by atoms with Crippen molar-refractivity contribution < 1.29 is 19.4 Å². The number of esters is 1. The number of hydrogen-bond donors (Lipinski definition) is 1. The van der Waals surface area contributed by atoms with Crippen molar-refractivity contribution in [1.82, 2.24) is 0 Å². The van der Waals surface area contributed by atoms with E-state index in [1.807, 2.05) is 6.92 Å². The number of ether oxygens (including phenoxy) is 1. The van der Waals surface area contributed by atoms with Gasteiger partial charge in [0.25, 0.3) is 0 Å². The molecule has 0 heterocycles. The van der Waals surface area contributed by atoms with Crippen LogP contribution in [0.1, 0.15) is 39.2 Å². The van der Waals surface area contributed by atoms with E-state index < -0.39 is 17.4 Å². The van der Waals surface area contributed by atoms with E-state index in [4.69, 9.17) is 4.74 Å². The summed E-state index contributed by atoms with van der Waals surface area (Å²) >= 11 is 0. The third-order valence-electron chi connectivity index (χ3n) is 2.96. The number of carbonyl (C=O) groups excluding carboxylic acids is 1. The molecule has 0 aliphatic heterocycles. The molecule has 4 nitrogen and oxygen atoms in total. The number of rotatable bonds is 5. The summed E-state index contributed by atoms with van der Waals surface area (Å²) in [4.78, 5) is 22.6. The van der Waals surface area contributed by atoms with Gasteiger partial charge >= 0.3 is 11.9 Å². The van der Waals surface area contributed by atoms with Gasteiger partial charge in [0.1, 0.15) is 5.75 Å². The van der Waals surface area contributed by atoms with E-state index in [2.05, 4.69) is 0 Å². The molecule has 0 fully saturated rings. The van der Waals surface area contributed by atoms with E-state index in [1.165, 1.54) is 6.92 Å². The van der Waals surface area contributed by atoms with Crippen molar-refractivity contribution in [1.29, 1.82) is 0 Å². The maximum absolute atomic E-state index is 11.5. The highest BCUT2D eigenvalue weighted by Gasteiger charge is 2.36. The molecule has 1 aromatic rings. The smallest absolute Gasteiger partial charge is 0.313 e. The lowest BCUT2D eigenvalue weighted by Gasteiger charge is -2.26. The van der Waals surface area contributed by atoms with E-state index in [0.717, 1.165) is 6.42 Å². The second-order valence-corrected chi connectivity index (χ2v) is 4.48. The number of carbonyl (C=O) groups is 2. The highest BCUT2D eigenvalue weighted by atomic mass is 16.5. The standard InChI is InChI=1S/C14H18O4/c1-4-9-14(3,13(16)17)11-7-5-6-8-12(11)18-10(2)15/h5-8H,4,9H2,1-3H3,(H,16,17). The molecule has 4 heteroatoms.